The van der Waals surface area contributed by atoms with Gasteiger partial charge in [0.25, 0.3) is 10.1 Å². The van der Waals surface area contributed by atoms with Crippen molar-refractivity contribution in [1.29, 1.82) is 0 Å². The van der Waals surface area contributed by atoms with Crippen molar-refractivity contribution in [1.82, 2.24) is 0 Å². The first-order valence-corrected chi connectivity index (χ1v) is 9.10. The van der Waals surface area contributed by atoms with Crippen molar-refractivity contribution in [2.24, 2.45) is 0 Å². The Morgan fingerprint density at radius 3 is 2.24 bits per heavy atom. The van der Waals surface area contributed by atoms with Crippen LogP contribution in [-0.4, -0.2) is 19.6 Å². The molecule has 0 atom stereocenters. The van der Waals surface area contributed by atoms with Gasteiger partial charge in [0.05, 0.1) is 11.5 Å². The molecule has 21 heavy (non-hydrogen) atoms. The Kier molecular flexibility index (Phi) is 7.75. The van der Waals surface area contributed by atoms with Crippen molar-refractivity contribution in [3.05, 3.63) is 23.8 Å². The largest absolute Gasteiger partial charge is 0.493 e. The smallest absolute Gasteiger partial charge is 0.294 e. The van der Waals surface area contributed by atoms with E-state index >= 15 is 0 Å². The van der Waals surface area contributed by atoms with E-state index < -0.39 is 10.1 Å². The predicted octanol–water partition coefficient (Wildman–Crippen LogP) is 4.37. The molecule has 5 heteroatoms. The van der Waals surface area contributed by atoms with Gasteiger partial charge in [-0.1, -0.05) is 45.4 Å². The van der Waals surface area contributed by atoms with Crippen LogP contribution in [0.1, 0.15) is 57.4 Å². The molecule has 0 aliphatic heterocycles. The van der Waals surface area contributed by atoms with Crippen LogP contribution in [0.15, 0.2) is 23.1 Å². The number of unbranched alkanes of at least 4 members (excludes halogenated alkanes) is 6. The van der Waals surface area contributed by atoms with Crippen molar-refractivity contribution in [3.63, 3.8) is 0 Å². The number of hydrogen-bond acceptors (Lipinski definition) is 3. The fraction of sp³-hybridized carbons (Fsp3) is 0.625. The molecule has 0 heterocycles. The van der Waals surface area contributed by atoms with E-state index in [0.29, 0.717) is 17.9 Å². The molecule has 0 spiro atoms. The Balaban J connectivity index is 2.30. The highest BCUT2D eigenvalue weighted by Crippen LogP contribution is 2.22. The second-order valence-corrected chi connectivity index (χ2v) is 6.79. The monoisotopic (exact) mass is 314 g/mol. The van der Waals surface area contributed by atoms with Crippen LogP contribution in [0.3, 0.4) is 0 Å². The summed E-state index contributed by atoms with van der Waals surface area (Å²) in [6.07, 6.45) is 8.59. The lowest BCUT2D eigenvalue weighted by Crippen LogP contribution is -2.02. The summed E-state index contributed by atoms with van der Waals surface area (Å²) in [5.74, 6) is 0.674. The first-order chi connectivity index (χ1) is 9.95. The summed E-state index contributed by atoms with van der Waals surface area (Å²) < 4.78 is 36.7. The SMILES string of the molecule is CCCCCCCCCOc1ccc(S(=O)(=O)O)cc1C. The molecular formula is C16H26O4S. The van der Waals surface area contributed by atoms with E-state index in [1.54, 1.807) is 13.0 Å². The number of hydrogen-bond donors (Lipinski definition) is 1. The van der Waals surface area contributed by atoms with Gasteiger partial charge in [0.2, 0.25) is 0 Å². The summed E-state index contributed by atoms with van der Waals surface area (Å²) in [5.41, 5.74) is 0.716. The Hall–Kier alpha value is -1.07. The average Bonchev–Trinajstić information content (AvgIpc) is 2.42. The molecule has 0 unspecified atom stereocenters. The first kappa shape index (κ1) is 18.0. The third-order valence-electron chi connectivity index (χ3n) is 3.45. The standard InChI is InChI=1S/C16H26O4S/c1-3-4-5-6-7-8-9-12-20-16-11-10-15(13-14(16)2)21(17,18)19/h10-11,13H,3-9,12H2,1-2H3,(H,17,18,19). The zero-order chi connectivity index (χ0) is 15.7. The van der Waals surface area contributed by atoms with Gasteiger partial charge in [0.1, 0.15) is 5.75 Å². The summed E-state index contributed by atoms with van der Waals surface area (Å²) in [4.78, 5) is -0.0942. The number of rotatable bonds is 10. The summed E-state index contributed by atoms with van der Waals surface area (Å²) in [6, 6.07) is 4.39. The normalized spacial score (nSPS) is 11.6. The van der Waals surface area contributed by atoms with Crippen LogP contribution >= 0.6 is 0 Å². The third kappa shape index (κ3) is 6.96. The Labute approximate surface area is 128 Å². The van der Waals surface area contributed by atoms with E-state index in [1.807, 2.05) is 0 Å². The van der Waals surface area contributed by atoms with E-state index in [9.17, 15) is 8.42 Å². The Bertz CT molecular complexity index is 523. The lowest BCUT2D eigenvalue weighted by atomic mass is 10.1. The van der Waals surface area contributed by atoms with Gasteiger partial charge in [0, 0.05) is 0 Å². The average molecular weight is 314 g/mol. The predicted molar refractivity (Wildman–Crippen MR) is 84.5 cm³/mol. The van der Waals surface area contributed by atoms with E-state index in [-0.39, 0.29) is 4.90 Å². The molecule has 0 aliphatic rings. The van der Waals surface area contributed by atoms with Crippen LogP contribution < -0.4 is 4.74 Å². The van der Waals surface area contributed by atoms with Gasteiger partial charge in [-0.05, 0) is 37.1 Å². The zero-order valence-electron chi connectivity index (χ0n) is 13.0. The maximum atomic E-state index is 11.0. The highest BCUT2D eigenvalue weighted by Gasteiger charge is 2.11. The van der Waals surface area contributed by atoms with Gasteiger partial charge in [-0.25, -0.2) is 0 Å². The second kappa shape index (κ2) is 9.05. The Morgan fingerprint density at radius 2 is 1.67 bits per heavy atom. The fourth-order valence-corrected chi connectivity index (χ4v) is 2.75. The maximum Gasteiger partial charge on any atom is 0.294 e. The van der Waals surface area contributed by atoms with Crippen molar-refractivity contribution < 1.29 is 17.7 Å². The van der Waals surface area contributed by atoms with E-state index in [4.69, 9.17) is 9.29 Å². The lowest BCUT2D eigenvalue weighted by molar-refractivity contribution is 0.302. The highest BCUT2D eigenvalue weighted by atomic mass is 32.2. The quantitative estimate of drug-likeness (QED) is 0.514. The molecule has 1 aromatic rings. The minimum absolute atomic E-state index is 0.0942. The zero-order valence-corrected chi connectivity index (χ0v) is 13.8. The number of ether oxygens (including phenoxy) is 1. The number of aryl methyl sites for hydroxylation is 1. The van der Waals surface area contributed by atoms with Gasteiger partial charge < -0.3 is 4.74 Å². The molecule has 0 radical (unpaired) electrons. The molecule has 0 saturated carbocycles. The molecule has 0 aliphatic carbocycles. The molecule has 1 aromatic carbocycles. The molecule has 120 valence electrons. The third-order valence-corrected chi connectivity index (χ3v) is 4.30. The topological polar surface area (TPSA) is 63.6 Å². The summed E-state index contributed by atoms with van der Waals surface area (Å²) in [6.45, 7) is 4.62. The van der Waals surface area contributed by atoms with Crippen LogP contribution in [0, 0.1) is 6.92 Å². The van der Waals surface area contributed by atoms with Gasteiger partial charge in [-0.3, -0.25) is 4.55 Å². The minimum atomic E-state index is -4.14. The van der Waals surface area contributed by atoms with Crippen molar-refractivity contribution in [2.45, 2.75) is 63.7 Å². The van der Waals surface area contributed by atoms with Gasteiger partial charge in [-0.2, -0.15) is 8.42 Å². The first-order valence-electron chi connectivity index (χ1n) is 7.66. The van der Waals surface area contributed by atoms with Crippen LogP contribution in [-0.2, 0) is 10.1 Å². The molecule has 4 nitrogen and oxygen atoms in total. The van der Waals surface area contributed by atoms with Crippen molar-refractivity contribution in [2.75, 3.05) is 6.61 Å². The van der Waals surface area contributed by atoms with Gasteiger partial charge in [0.15, 0.2) is 0 Å². The molecular weight excluding hydrogens is 288 g/mol. The molecule has 0 saturated heterocycles. The van der Waals surface area contributed by atoms with E-state index in [1.165, 1.54) is 44.2 Å². The maximum absolute atomic E-state index is 11.0. The second-order valence-electron chi connectivity index (χ2n) is 5.37. The van der Waals surface area contributed by atoms with Crippen molar-refractivity contribution >= 4 is 10.1 Å². The van der Waals surface area contributed by atoms with Crippen LogP contribution in [0.5, 0.6) is 5.75 Å². The minimum Gasteiger partial charge on any atom is -0.493 e. The van der Waals surface area contributed by atoms with E-state index in [0.717, 1.165) is 12.8 Å². The molecule has 0 bridgehead atoms. The molecule has 1 N–H and O–H groups in total. The fourth-order valence-electron chi connectivity index (χ4n) is 2.19. The Morgan fingerprint density at radius 1 is 1.05 bits per heavy atom. The lowest BCUT2D eigenvalue weighted by Gasteiger charge is -2.10. The van der Waals surface area contributed by atoms with E-state index in [2.05, 4.69) is 6.92 Å². The molecule has 0 amide bonds. The summed E-state index contributed by atoms with van der Waals surface area (Å²) in [7, 11) is -4.14. The summed E-state index contributed by atoms with van der Waals surface area (Å²) >= 11 is 0. The van der Waals surface area contributed by atoms with Crippen LogP contribution in [0.2, 0.25) is 0 Å². The van der Waals surface area contributed by atoms with Gasteiger partial charge in [-0.15, -0.1) is 0 Å². The highest BCUT2D eigenvalue weighted by molar-refractivity contribution is 7.85. The molecule has 0 fully saturated rings. The molecule has 0 aromatic heterocycles. The van der Waals surface area contributed by atoms with Crippen LogP contribution in [0.4, 0.5) is 0 Å². The molecule has 1 rings (SSSR count). The van der Waals surface area contributed by atoms with Gasteiger partial charge >= 0.3 is 0 Å². The van der Waals surface area contributed by atoms with Crippen LogP contribution in [0.25, 0.3) is 0 Å². The summed E-state index contributed by atoms with van der Waals surface area (Å²) in [5, 5.41) is 0. The number of benzene rings is 1. The van der Waals surface area contributed by atoms with Crippen molar-refractivity contribution in [3.8, 4) is 5.75 Å².